The first-order valence-electron chi connectivity index (χ1n) is 5.70. The molecular formula is C13H11ClN4O2S. The van der Waals surface area contributed by atoms with E-state index in [1.54, 1.807) is 18.2 Å². The highest BCUT2D eigenvalue weighted by Crippen LogP contribution is 2.27. The quantitative estimate of drug-likeness (QED) is 0.747. The van der Waals surface area contributed by atoms with Crippen molar-refractivity contribution in [1.82, 2.24) is 0 Å². The Labute approximate surface area is 127 Å². The summed E-state index contributed by atoms with van der Waals surface area (Å²) >= 11 is 5.89. The van der Waals surface area contributed by atoms with Gasteiger partial charge in [-0.25, -0.2) is 13.6 Å². The highest BCUT2D eigenvalue weighted by atomic mass is 35.5. The molecule has 0 atom stereocenters. The lowest BCUT2D eigenvalue weighted by Crippen LogP contribution is -2.14. The van der Waals surface area contributed by atoms with Crippen LogP contribution >= 0.6 is 11.6 Å². The van der Waals surface area contributed by atoms with Crippen LogP contribution in [-0.4, -0.2) is 8.42 Å². The molecule has 2 aromatic carbocycles. The molecule has 0 saturated heterocycles. The van der Waals surface area contributed by atoms with Crippen LogP contribution in [0.2, 0.25) is 5.02 Å². The smallest absolute Gasteiger partial charge is 0.240 e. The molecule has 21 heavy (non-hydrogen) atoms. The minimum atomic E-state index is -3.87. The number of nitrogens with two attached hydrogens (primary N) is 2. The number of rotatable bonds is 3. The maximum Gasteiger partial charge on any atom is 0.240 e. The molecule has 0 spiro atoms. The number of hydrogen-bond donors (Lipinski definition) is 3. The number of sulfonamides is 1. The molecule has 0 fully saturated rings. The number of anilines is 3. The first kappa shape index (κ1) is 15.1. The zero-order valence-electron chi connectivity index (χ0n) is 10.7. The van der Waals surface area contributed by atoms with Crippen LogP contribution < -0.4 is 16.2 Å². The lowest BCUT2D eigenvalue weighted by Gasteiger charge is -2.11. The van der Waals surface area contributed by atoms with Crippen LogP contribution in [0.3, 0.4) is 0 Å². The Morgan fingerprint density at radius 3 is 2.48 bits per heavy atom. The van der Waals surface area contributed by atoms with E-state index < -0.39 is 10.0 Å². The summed E-state index contributed by atoms with van der Waals surface area (Å²) in [6, 6.07) is 11.0. The fourth-order valence-corrected chi connectivity index (χ4v) is 2.58. The SMILES string of the molecule is N#Cc1ccc(Cl)cc1Nc1ccc(S(N)(=O)=O)c(N)c1. The van der Waals surface area contributed by atoms with Gasteiger partial charge in [0.2, 0.25) is 10.0 Å². The van der Waals surface area contributed by atoms with Gasteiger partial charge in [-0.3, -0.25) is 0 Å². The van der Waals surface area contributed by atoms with Crippen LogP contribution in [0, 0.1) is 11.3 Å². The Hall–Kier alpha value is -2.27. The predicted octanol–water partition coefficient (Wildman–Crippen LogP) is 2.18. The molecule has 5 N–H and O–H groups in total. The van der Waals surface area contributed by atoms with Crippen LogP contribution in [0.5, 0.6) is 0 Å². The second-order valence-corrected chi connectivity index (χ2v) is 6.19. The molecule has 0 aliphatic carbocycles. The summed E-state index contributed by atoms with van der Waals surface area (Å²) in [5.74, 6) is 0. The van der Waals surface area contributed by atoms with Gasteiger partial charge in [0.25, 0.3) is 0 Å². The molecule has 0 aliphatic rings. The molecule has 6 nitrogen and oxygen atoms in total. The van der Waals surface area contributed by atoms with Crippen LogP contribution in [0.15, 0.2) is 41.3 Å². The lowest BCUT2D eigenvalue weighted by molar-refractivity contribution is 0.598. The molecule has 0 heterocycles. The van der Waals surface area contributed by atoms with Crippen LogP contribution in [0.1, 0.15) is 5.56 Å². The highest BCUT2D eigenvalue weighted by molar-refractivity contribution is 7.89. The molecule has 8 heteroatoms. The van der Waals surface area contributed by atoms with E-state index in [0.29, 0.717) is 22.0 Å². The van der Waals surface area contributed by atoms with Gasteiger partial charge in [0.15, 0.2) is 0 Å². The van der Waals surface area contributed by atoms with Crippen molar-refractivity contribution in [2.24, 2.45) is 5.14 Å². The molecule has 0 bridgehead atoms. The number of nitriles is 1. The van der Waals surface area contributed by atoms with E-state index in [2.05, 4.69) is 5.32 Å². The first-order valence-corrected chi connectivity index (χ1v) is 7.62. The molecule has 2 rings (SSSR count). The number of nitrogens with one attached hydrogen (secondary N) is 1. The van der Waals surface area contributed by atoms with E-state index in [1.807, 2.05) is 6.07 Å². The van der Waals surface area contributed by atoms with Gasteiger partial charge in [-0.05, 0) is 36.4 Å². The second-order valence-electron chi connectivity index (χ2n) is 4.22. The average Bonchev–Trinajstić information content (AvgIpc) is 2.37. The Bertz CT molecular complexity index is 844. The van der Waals surface area contributed by atoms with Crippen LogP contribution in [0.4, 0.5) is 17.1 Å². The molecule has 0 unspecified atom stereocenters. The molecule has 0 aliphatic heterocycles. The molecule has 0 saturated carbocycles. The van der Waals surface area contributed by atoms with Crippen molar-refractivity contribution in [1.29, 1.82) is 5.26 Å². The summed E-state index contributed by atoms with van der Waals surface area (Å²) in [4.78, 5) is -0.153. The average molecular weight is 323 g/mol. The molecule has 0 aromatic heterocycles. The maximum atomic E-state index is 11.3. The second kappa shape index (κ2) is 5.61. The van der Waals surface area contributed by atoms with Crippen molar-refractivity contribution in [3.05, 3.63) is 47.0 Å². The van der Waals surface area contributed by atoms with Gasteiger partial charge in [0.05, 0.1) is 16.9 Å². The minimum Gasteiger partial charge on any atom is -0.398 e. The van der Waals surface area contributed by atoms with Gasteiger partial charge in [-0.2, -0.15) is 5.26 Å². The summed E-state index contributed by atoms with van der Waals surface area (Å²) in [5, 5.41) is 17.5. The van der Waals surface area contributed by atoms with Gasteiger partial charge in [0, 0.05) is 10.7 Å². The van der Waals surface area contributed by atoms with Crippen molar-refractivity contribution in [2.75, 3.05) is 11.1 Å². The third-order valence-electron chi connectivity index (χ3n) is 2.70. The zero-order chi connectivity index (χ0) is 15.6. The first-order chi connectivity index (χ1) is 9.81. The van der Waals surface area contributed by atoms with Crippen molar-refractivity contribution in [3.8, 4) is 6.07 Å². The zero-order valence-corrected chi connectivity index (χ0v) is 12.2. The topological polar surface area (TPSA) is 122 Å². The number of nitrogen functional groups attached to an aromatic ring is 1. The standard InChI is InChI=1S/C13H11ClN4O2S/c14-9-2-1-8(7-15)12(5-9)18-10-3-4-13(11(16)6-10)21(17,19)20/h1-6,18H,16H2,(H2,17,19,20). The summed E-state index contributed by atoms with van der Waals surface area (Å²) in [5.41, 5.74) is 7.09. The predicted molar refractivity (Wildman–Crippen MR) is 81.7 cm³/mol. The molecule has 108 valence electrons. The Morgan fingerprint density at radius 2 is 1.90 bits per heavy atom. The largest absolute Gasteiger partial charge is 0.398 e. The van der Waals surface area contributed by atoms with Gasteiger partial charge >= 0.3 is 0 Å². The summed E-state index contributed by atoms with van der Waals surface area (Å²) < 4.78 is 22.6. The summed E-state index contributed by atoms with van der Waals surface area (Å²) in [7, 11) is -3.87. The lowest BCUT2D eigenvalue weighted by atomic mass is 10.2. The Morgan fingerprint density at radius 1 is 1.19 bits per heavy atom. The number of hydrogen-bond acceptors (Lipinski definition) is 5. The van der Waals surface area contributed by atoms with Crippen LogP contribution in [0.25, 0.3) is 0 Å². The maximum absolute atomic E-state index is 11.3. The molecule has 0 radical (unpaired) electrons. The fourth-order valence-electron chi connectivity index (χ4n) is 1.76. The van der Waals surface area contributed by atoms with Gasteiger partial charge < -0.3 is 11.1 Å². The van der Waals surface area contributed by atoms with Gasteiger partial charge in [-0.1, -0.05) is 11.6 Å². The third-order valence-corrected chi connectivity index (χ3v) is 3.92. The fraction of sp³-hybridized carbons (Fsp3) is 0. The number of halogens is 1. The minimum absolute atomic E-state index is 0.0167. The van der Waals surface area contributed by atoms with E-state index in [9.17, 15) is 8.42 Å². The van der Waals surface area contributed by atoms with Crippen molar-refractivity contribution >= 4 is 38.7 Å². The molecule has 2 aromatic rings. The van der Waals surface area contributed by atoms with Gasteiger partial charge in [-0.15, -0.1) is 0 Å². The third kappa shape index (κ3) is 3.44. The van der Waals surface area contributed by atoms with Crippen molar-refractivity contribution in [3.63, 3.8) is 0 Å². The summed E-state index contributed by atoms with van der Waals surface area (Å²) in [6.45, 7) is 0. The molecule has 0 amide bonds. The Balaban J connectivity index is 2.40. The van der Waals surface area contributed by atoms with E-state index in [0.717, 1.165) is 0 Å². The molecular weight excluding hydrogens is 312 g/mol. The van der Waals surface area contributed by atoms with Crippen molar-refractivity contribution < 1.29 is 8.42 Å². The number of nitrogens with zero attached hydrogens (tertiary/aromatic N) is 1. The summed E-state index contributed by atoms with van der Waals surface area (Å²) in [6.07, 6.45) is 0. The van der Waals surface area contributed by atoms with E-state index in [4.69, 9.17) is 27.7 Å². The van der Waals surface area contributed by atoms with E-state index in [-0.39, 0.29) is 10.6 Å². The normalized spacial score (nSPS) is 10.9. The Kier molecular flexibility index (Phi) is 4.04. The van der Waals surface area contributed by atoms with E-state index in [1.165, 1.54) is 18.2 Å². The van der Waals surface area contributed by atoms with Crippen molar-refractivity contribution in [2.45, 2.75) is 4.90 Å². The van der Waals surface area contributed by atoms with Gasteiger partial charge in [0.1, 0.15) is 11.0 Å². The van der Waals surface area contributed by atoms with E-state index >= 15 is 0 Å². The number of benzene rings is 2. The van der Waals surface area contributed by atoms with Crippen LogP contribution in [-0.2, 0) is 10.0 Å². The highest BCUT2D eigenvalue weighted by Gasteiger charge is 2.13. The number of primary sulfonamides is 1. The monoisotopic (exact) mass is 322 g/mol.